The zero-order chi connectivity index (χ0) is 14.6. The molecular weight excluding hydrogens is 267 g/mol. The van der Waals surface area contributed by atoms with Crippen molar-refractivity contribution in [2.75, 3.05) is 6.61 Å². The molecule has 0 fully saturated rings. The first kappa shape index (κ1) is 15.1. The topological polar surface area (TPSA) is 68.4 Å². The first-order valence-electron chi connectivity index (χ1n) is 5.37. The summed E-state index contributed by atoms with van der Waals surface area (Å²) in [6.07, 6.45) is -4.48. The minimum atomic E-state index is -4.87. The van der Waals surface area contributed by atoms with Gasteiger partial charge in [-0.05, 0) is 13.8 Å². The monoisotopic (exact) mass is 279 g/mol. The highest BCUT2D eigenvalue weighted by Crippen LogP contribution is 2.25. The molecule has 8 heteroatoms. The maximum Gasteiger partial charge on any atom is 0.573 e. The molecule has 5 nitrogen and oxygen atoms in total. The van der Waals surface area contributed by atoms with E-state index in [2.05, 4.69) is 14.5 Å². The van der Waals surface area contributed by atoms with Crippen LogP contribution in [0.25, 0.3) is 0 Å². The van der Waals surface area contributed by atoms with Gasteiger partial charge in [-0.25, -0.2) is 0 Å². The third kappa shape index (κ3) is 4.31. The largest absolute Gasteiger partial charge is 0.573 e. The summed E-state index contributed by atoms with van der Waals surface area (Å²) in [4.78, 5) is 24.9. The van der Waals surface area contributed by atoms with E-state index in [4.69, 9.17) is 0 Å². The summed E-state index contributed by atoms with van der Waals surface area (Å²) in [6, 6.07) is 0. The van der Waals surface area contributed by atoms with Gasteiger partial charge in [-0.3, -0.25) is 9.59 Å². The van der Waals surface area contributed by atoms with Crippen LogP contribution >= 0.6 is 0 Å². The average molecular weight is 279 g/mol. The van der Waals surface area contributed by atoms with E-state index < -0.39 is 30.1 Å². The quantitative estimate of drug-likeness (QED) is 0.851. The number of nitrogens with one attached hydrogen (secondary N) is 1. The lowest BCUT2D eigenvalue weighted by molar-refractivity contribution is -0.275. The molecule has 1 aromatic rings. The Morgan fingerprint density at radius 1 is 1.42 bits per heavy atom. The molecule has 0 aliphatic rings. The molecule has 0 radical (unpaired) electrons. The fraction of sp³-hybridized carbons (Fsp3) is 0.455. The molecule has 1 aromatic heterocycles. The van der Waals surface area contributed by atoms with Crippen molar-refractivity contribution < 1.29 is 27.4 Å². The van der Waals surface area contributed by atoms with Gasteiger partial charge in [0, 0.05) is 17.3 Å². The van der Waals surface area contributed by atoms with Gasteiger partial charge in [0.25, 0.3) is 5.56 Å². The Labute approximate surface area is 106 Å². The van der Waals surface area contributed by atoms with Crippen LogP contribution in [0.15, 0.2) is 11.0 Å². The van der Waals surface area contributed by atoms with E-state index in [1.165, 1.54) is 6.92 Å². The normalized spacial score (nSPS) is 11.2. The van der Waals surface area contributed by atoms with Crippen LogP contribution in [0.5, 0.6) is 5.75 Å². The number of hydrogen-bond acceptors (Lipinski definition) is 4. The summed E-state index contributed by atoms with van der Waals surface area (Å²) >= 11 is 0. The van der Waals surface area contributed by atoms with Gasteiger partial charge in [0.05, 0.1) is 13.0 Å². The van der Waals surface area contributed by atoms with E-state index in [0.29, 0.717) is 0 Å². The highest BCUT2D eigenvalue weighted by molar-refractivity contribution is 5.73. The number of hydrogen-bond donors (Lipinski definition) is 1. The molecule has 1 rings (SSSR count). The minimum Gasteiger partial charge on any atom is -0.466 e. The minimum absolute atomic E-state index is 0.0471. The fourth-order valence-electron chi connectivity index (χ4n) is 1.45. The molecule has 19 heavy (non-hydrogen) atoms. The van der Waals surface area contributed by atoms with E-state index >= 15 is 0 Å². The zero-order valence-corrected chi connectivity index (χ0v) is 10.3. The number of carbonyl (C=O) groups is 1. The van der Waals surface area contributed by atoms with Crippen molar-refractivity contribution in [1.29, 1.82) is 0 Å². The SMILES string of the molecule is CCOC(=O)Cc1c(C)c(OC(F)(F)F)c[nH]c1=O. The van der Waals surface area contributed by atoms with Crippen molar-refractivity contribution in [2.45, 2.75) is 26.6 Å². The second-order valence-electron chi connectivity index (χ2n) is 3.62. The van der Waals surface area contributed by atoms with E-state index in [-0.39, 0.29) is 17.7 Å². The molecule has 0 atom stereocenters. The van der Waals surface area contributed by atoms with Crippen LogP contribution < -0.4 is 10.3 Å². The Kier molecular flexibility index (Phi) is 4.57. The van der Waals surface area contributed by atoms with Gasteiger partial charge in [-0.1, -0.05) is 0 Å². The summed E-state index contributed by atoms with van der Waals surface area (Å²) in [7, 11) is 0. The lowest BCUT2D eigenvalue weighted by atomic mass is 10.1. The van der Waals surface area contributed by atoms with E-state index in [0.717, 1.165) is 6.20 Å². The molecule has 0 spiro atoms. The van der Waals surface area contributed by atoms with Gasteiger partial charge in [-0.2, -0.15) is 0 Å². The van der Waals surface area contributed by atoms with Crippen LogP contribution in [0.3, 0.4) is 0 Å². The second-order valence-corrected chi connectivity index (χ2v) is 3.62. The van der Waals surface area contributed by atoms with Crippen LogP contribution in [-0.4, -0.2) is 23.9 Å². The first-order chi connectivity index (χ1) is 8.74. The summed E-state index contributed by atoms with van der Waals surface area (Å²) in [5, 5.41) is 0. The fourth-order valence-corrected chi connectivity index (χ4v) is 1.45. The van der Waals surface area contributed by atoms with Crippen molar-refractivity contribution in [1.82, 2.24) is 4.98 Å². The Morgan fingerprint density at radius 3 is 2.58 bits per heavy atom. The first-order valence-corrected chi connectivity index (χ1v) is 5.37. The predicted molar refractivity (Wildman–Crippen MR) is 58.8 cm³/mol. The zero-order valence-electron chi connectivity index (χ0n) is 10.3. The van der Waals surface area contributed by atoms with Crippen molar-refractivity contribution in [3.63, 3.8) is 0 Å². The molecule has 0 amide bonds. The Hall–Kier alpha value is -1.99. The van der Waals surface area contributed by atoms with Gasteiger partial charge in [0.2, 0.25) is 0 Å². The Balaban J connectivity index is 3.07. The number of H-pyrrole nitrogens is 1. The lowest BCUT2D eigenvalue weighted by Crippen LogP contribution is -2.23. The lowest BCUT2D eigenvalue weighted by Gasteiger charge is -2.13. The van der Waals surface area contributed by atoms with E-state index in [1.807, 2.05) is 0 Å². The van der Waals surface area contributed by atoms with Crippen LogP contribution in [0.4, 0.5) is 13.2 Å². The van der Waals surface area contributed by atoms with Gasteiger partial charge < -0.3 is 14.5 Å². The summed E-state index contributed by atoms with van der Waals surface area (Å²) in [6.45, 7) is 2.97. The number of pyridine rings is 1. The third-order valence-electron chi connectivity index (χ3n) is 2.28. The van der Waals surface area contributed by atoms with Crippen LogP contribution in [0.2, 0.25) is 0 Å². The highest BCUT2D eigenvalue weighted by atomic mass is 19.4. The summed E-state index contributed by atoms with van der Waals surface area (Å²) in [5.41, 5.74) is -0.811. The maximum absolute atomic E-state index is 12.1. The number of ether oxygens (including phenoxy) is 2. The van der Waals surface area contributed by atoms with Crippen LogP contribution in [0, 0.1) is 6.92 Å². The average Bonchev–Trinajstić information content (AvgIpc) is 2.27. The van der Waals surface area contributed by atoms with E-state index in [9.17, 15) is 22.8 Å². The molecule has 106 valence electrons. The van der Waals surface area contributed by atoms with Crippen molar-refractivity contribution in [3.05, 3.63) is 27.7 Å². The molecule has 1 heterocycles. The predicted octanol–water partition coefficient (Wildman–Crippen LogP) is 1.69. The van der Waals surface area contributed by atoms with E-state index in [1.54, 1.807) is 6.92 Å². The van der Waals surface area contributed by atoms with Crippen LogP contribution in [-0.2, 0) is 16.0 Å². The molecule has 0 aromatic carbocycles. The number of esters is 1. The smallest absolute Gasteiger partial charge is 0.466 e. The molecule has 0 unspecified atom stereocenters. The van der Waals surface area contributed by atoms with Gasteiger partial charge in [-0.15, -0.1) is 13.2 Å². The number of carbonyl (C=O) groups excluding carboxylic acids is 1. The standard InChI is InChI=1S/C11H12F3NO4/c1-3-18-9(16)4-7-6(2)8(5-15-10(7)17)19-11(12,13)14/h5H,3-4H2,1-2H3,(H,15,17). The number of aromatic nitrogens is 1. The highest BCUT2D eigenvalue weighted by Gasteiger charge is 2.32. The van der Waals surface area contributed by atoms with Gasteiger partial charge >= 0.3 is 12.3 Å². The molecular formula is C11H12F3NO4. The summed E-state index contributed by atoms with van der Waals surface area (Å²) < 4.78 is 44.8. The van der Waals surface area contributed by atoms with Crippen molar-refractivity contribution in [2.24, 2.45) is 0 Å². The third-order valence-corrected chi connectivity index (χ3v) is 2.28. The maximum atomic E-state index is 12.1. The molecule has 0 aliphatic heterocycles. The molecule has 0 bridgehead atoms. The van der Waals surface area contributed by atoms with Crippen molar-refractivity contribution >= 4 is 5.97 Å². The molecule has 0 aliphatic carbocycles. The van der Waals surface area contributed by atoms with Crippen molar-refractivity contribution in [3.8, 4) is 5.75 Å². The second kappa shape index (κ2) is 5.77. The van der Waals surface area contributed by atoms with Gasteiger partial charge in [0.1, 0.15) is 5.75 Å². The number of aromatic amines is 1. The number of halogens is 3. The van der Waals surface area contributed by atoms with Crippen LogP contribution in [0.1, 0.15) is 18.1 Å². The number of rotatable bonds is 4. The Morgan fingerprint density at radius 2 is 2.05 bits per heavy atom. The van der Waals surface area contributed by atoms with Gasteiger partial charge in [0.15, 0.2) is 0 Å². The molecule has 1 N–H and O–H groups in total. The number of alkyl halides is 3. The Bertz CT molecular complexity index is 522. The summed E-state index contributed by atoms with van der Waals surface area (Å²) in [5.74, 6) is -1.24. The molecule has 0 saturated carbocycles. The molecule has 0 saturated heterocycles.